The van der Waals surface area contributed by atoms with E-state index in [2.05, 4.69) is 29.8 Å². The first kappa shape index (κ1) is 54.9. The molecule has 1 aliphatic heterocycles. The quantitative estimate of drug-likeness (QED) is 0.0756. The molecule has 0 spiro atoms. The summed E-state index contributed by atoms with van der Waals surface area (Å²) < 4.78 is 63.7. The normalized spacial score (nSPS) is 34.9. The van der Waals surface area contributed by atoms with Crippen LogP contribution in [0.3, 0.4) is 0 Å². The van der Waals surface area contributed by atoms with Crippen LogP contribution in [0.15, 0.2) is 48.1 Å². The number of nitrogens with one attached hydrogen (secondary N) is 3. The molecule has 12 atom stereocenters. The van der Waals surface area contributed by atoms with Crippen molar-refractivity contribution in [3.8, 4) is 0 Å². The van der Waals surface area contributed by atoms with Crippen molar-refractivity contribution in [3.63, 3.8) is 0 Å². The van der Waals surface area contributed by atoms with Gasteiger partial charge in [-0.05, 0) is 113 Å². The molecule has 17 nitrogen and oxygen atoms in total. The number of halogens is 2. The molecule has 392 valence electrons. The Morgan fingerprint density at radius 3 is 2.35 bits per heavy atom. The second kappa shape index (κ2) is 21.9. The van der Waals surface area contributed by atoms with E-state index in [1.54, 1.807) is 19.1 Å². The number of benzene rings is 1. The van der Waals surface area contributed by atoms with Crippen LogP contribution in [0.4, 0.5) is 8.78 Å². The smallest absolute Gasteiger partial charge is 0.470 e. The van der Waals surface area contributed by atoms with E-state index in [1.807, 2.05) is 12.1 Å². The van der Waals surface area contributed by atoms with Gasteiger partial charge in [0, 0.05) is 40.0 Å². The third kappa shape index (κ3) is 11.2. The van der Waals surface area contributed by atoms with Gasteiger partial charge in [-0.3, -0.25) is 33.3 Å². The highest BCUT2D eigenvalue weighted by Gasteiger charge is 2.80. The number of aliphatic hydroxyl groups is 1. The van der Waals surface area contributed by atoms with Crippen LogP contribution in [0.5, 0.6) is 0 Å². The Morgan fingerprint density at radius 1 is 1.00 bits per heavy atom. The minimum absolute atomic E-state index is 0.00109. The standard InChI is InChI=1S/C50H68F2N3O14PS/c1-5-7-33(6-2)71-27-43(60)53-25-42(59)55-38(16-17-44(61)62)45(63)54-31-14-10-29(11-15-31)20-28-8-12-30(13-9-28)46-68-41-23-34-35-22-37(51)36-21-32(56)18-19-47(36,3)49(35,52)39(57)24-48(34,4)50(41,69-46)40(58)26-67-70(64,65)66/h8-9,12-13,18-19,21,29,31,33-35,37-39,41,46,57H,5-7,10-11,14-17,20,22-27H2,1-4H3,(H,53,60)(H,54,63)(H,55,59)(H,61,62)(H2,64,65,66)/t29?,31?,33?,34-,35-,37-,38-,39-,41+,46+,47-,48-,49-,50+/m0/s1. The molecule has 0 bridgehead atoms. The van der Waals surface area contributed by atoms with E-state index in [0.717, 1.165) is 43.7 Å². The number of allylic oxidation sites excluding steroid dienone is 4. The number of ether oxygens (including phenoxy) is 2. The Labute approximate surface area is 416 Å². The maximum Gasteiger partial charge on any atom is 0.470 e. The first-order valence-corrected chi connectivity index (χ1v) is 27.4. The molecule has 71 heavy (non-hydrogen) atoms. The van der Waals surface area contributed by atoms with E-state index in [-0.39, 0.29) is 67.8 Å². The van der Waals surface area contributed by atoms with Gasteiger partial charge >= 0.3 is 13.8 Å². The van der Waals surface area contributed by atoms with Crippen LogP contribution in [0.2, 0.25) is 0 Å². The number of carbonyl (C=O) groups is 6. The number of phosphoric ester groups is 1. The molecule has 1 saturated heterocycles. The molecule has 1 aromatic carbocycles. The molecule has 5 aliphatic carbocycles. The number of hydrogen-bond donors (Lipinski definition) is 7. The van der Waals surface area contributed by atoms with Gasteiger partial charge in [-0.2, -0.15) is 0 Å². The minimum atomic E-state index is -5.15. The summed E-state index contributed by atoms with van der Waals surface area (Å²) in [4.78, 5) is 95.8. The van der Waals surface area contributed by atoms with E-state index >= 15 is 8.78 Å². The number of rotatable bonds is 21. The minimum Gasteiger partial charge on any atom is -0.481 e. The van der Waals surface area contributed by atoms with Crippen LogP contribution in [0.1, 0.15) is 122 Å². The molecule has 0 radical (unpaired) electrons. The molecule has 1 heterocycles. The van der Waals surface area contributed by atoms with Crippen molar-refractivity contribution >= 4 is 54.8 Å². The van der Waals surface area contributed by atoms with Crippen LogP contribution in [0.25, 0.3) is 0 Å². The lowest BCUT2D eigenvalue weighted by Gasteiger charge is -2.63. The molecule has 21 heteroatoms. The molecule has 1 aromatic rings. The number of carboxylic acid groups (broad SMARTS) is 1. The summed E-state index contributed by atoms with van der Waals surface area (Å²) in [6, 6.07) is 6.05. The number of hydrogen-bond acceptors (Lipinski definition) is 12. The fourth-order valence-corrected chi connectivity index (χ4v) is 14.1. The molecule has 0 aromatic heterocycles. The number of Topliss-reactive ketones (excluding diaryl/α,β-unsaturated/α-hetero) is 1. The van der Waals surface area contributed by atoms with Crippen molar-refractivity contribution in [1.82, 2.24) is 16.0 Å². The topological polar surface area (TPSA) is 264 Å². The van der Waals surface area contributed by atoms with Gasteiger partial charge < -0.3 is 45.4 Å². The van der Waals surface area contributed by atoms with Crippen LogP contribution >= 0.6 is 19.6 Å². The molecule has 7 rings (SSSR count). The lowest BCUT2D eigenvalue weighted by Crippen LogP contribution is -2.70. The van der Waals surface area contributed by atoms with Crippen molar-refractivity contribution in [1.29, 1.82) is 0 Å². The zero-order valence-electron chi connectivity index (χ0n) is 40.6. The number of aliphatic carboxylic acids is 1. The van der Waals surface area contributed by atoms with Gasteiger partial charge in [-0.1, -0.05) is 57.5 Å². The number of carboxylic acids is 1. The maximum atomic E-state index is 17.9. The fraction of sp³-hybridized carbons (Fsp3) is 0.680. The molecular weight excluding hydrogens is 968 g/mol. The largest absolute Gasteiger partial charge is 0.481 e. The first-order chi connectivity index (χ1) is 33.5. The number of phosphoric acid groups is 1. The SMILES string of the molecule is CCCC(CC)SCC(=O)NCC(=O)N[C@@H](CCC(=O)O)C(=O)NC1CCC(Cc2ccc([C@@H]3O[C@@H]4C[C@H]5[C@@H]6C[C@H](F)C7=CC(=O)C=C[C@]7(C)[C@@]6(F)[C@@H](O)C[C@]5(C)[C@]4(C(=O)COP(=O)(O)O)O3)cc2)CC1. The van der Waals surface area contributed by atoms with Gasteiger partial charge in [-0.25, -0.2) is 13.3 Å². The number of thioether (sulfide) groups is 1. The summed E-state index contributed by atoms with van der Waals surface area (Å²) >= 11 is 1.53. The first-order valence-electron chi connectivity index (χ1n) is 24.8. The second-order valence-corrected chi connectivity index (χ2v) is 23.3. The Hall–Kier alpha value is -3.88. The number of amides is 3. The Bertz CT molecular complexity index is 2310. The zero-order chi connectivity index (χ0) is 51.7. The van der Waals surface area contributed by atoms with Crippen molar-refractivity contribution in [3.05, 3.63) is 59.2 Å². The van der Waals surface area contributed by atoms with E-state index < -0.39 is 108 Å². The highest BCUT2D eigenvalue weighted by atomic mass is 32.2. The Morgan fingerprint density at radius 2 is 1.70 bits per heavy atom. The van der Waals surface area contributed by atoms with Gasteiger partial charge in [0.25, 0.3) is 0 Å². The van der Waals surface area contributed by atoms with Crippen LogP contribution in [-0.4, -0.2) is 121 Å². The van der Waals surface area contributed by atoms with E-state index in [0.29, 0.717) is 30.1 Å². The summed E-state index contributed by atoms with van der Waals surface area (Å²) in [5, 5.41) is 29.7. The molecule has 5 fully saturated rings. The van der Waals surface area contributed by atoms with Gasteiger partial charge in [0.1, 0.15) is 18.8 Å². The van der Waals surface area contributed by atoms with Gasteiger partial charge in [0.15, 0.2) is 29.1 Å². The summed E-state index contributed by atoms with van der Waals surface area (Å²) in [5.41, 5.74) is -6.09. The molecule has 4 saturated carbocycles. The maximum absolute atomic E-state index is 17.9. The Balaban J connectivity index is 0.965. The molecule has 7 N–H and O–H groups in total. The van der Waals surface area contributed by atoms with E-state index in [9.17, 15) is 53.3 Å². The summed E-state index contributed by atoms with van der Waals surface area (Å²) in [6.07, 6.45) is 3.03. The summed E-state index contributed by atoms with van der Waals surface area (Å²) in [7, 11) is -5.15. The van der Waals surface area contributed by atoms with Crippen LogP contribution < -0.4 is 16.0 Å². The lowest BCUT2D eigenvalue weighted by molar-refractivity contribution is -0.235. The van der Waals surface area contributed by atoms with Crippen LogP contribution in [-0.2, 0) is 53.8 Å². The number of alkyl halides is 2. The summed E-state index contributed by atoms with van der Waals surface area (Å²) in [6.45, 7) is 5.83. The highest BCUT2D eigenvalue weighted by Crippen LogP contribution is 2.72. The van der Waals surface area contributed by atoms with Crippen molar-refractivity contribution < 1.29 is 76.1 Å². The van der Waals surface area contributed by atoms with Gasteiger partial charge in [0.2, 0.25) is 17.7 Å². The fourth-order valence-electron chi connectivity index (χ4n) is 12.7. The highest BCUT2D eigenvalue weighted by molar-refractivity contribution is 8.00. The third-order valence-corrected chi connectivity index (χ3v) is 18.3. The zero-order valence-corrected chi connectivity index (χ0v) is 42.3. The second-order valence-electron chi connectivity index (χ2n) is 20.7. The average Bonchev–Trinajstić information content (AvgIpc) is 3.82. The number of fused-ring (bicyclic) bond motifs is 7. The molecule has 6 aliphatic rings. The molecule has 1 unspecified atom stereocenters. The van der Waals surface area contributed by atoms with Crippen molar-refractivity contribution in [2.24, 2.45) is 28.6 Å². The van der Waals surface area contributed by atoms with Crippen molar-refractivity contribution in [2.75, 3.05) is 18.9 Å². The van der Waals surface area contributed by atoms with E-state index in [4.69, 9.17) is 14.0 Å². The van der Waals surface area contributed by atoms with Crippen molar-refractivity contribution in [2.45, 2.75) is 164 Å². The monoisotopic (exact) mass is 1040 g/mol. The number of ketones is 2. The van der Waals surface area contributed by atoms with E-state index in [1.165, 1.54) is 30.8 Å². The average molecular weight is 1040 g/mol. The number of carbonyl (C=O) groups excluding carboxylic acids is 5. The predicted molar refractivity (Wildman–Crippen MR) is 256 cm³/mol. The Kier molecular flexibility index (Phi) is 16.9. The van der Waals surface area contributed by atoms with Gasteiger partial charge in [-0.15, -0.1) is 11.8 Å². The third-order valence-electron chi connectivity index (χ3n) is 16.4. The molecule has 3 amide bonds. The van der Waals surface area contributed by atoms with Gasteiger partial charge in [0.05, 0.1) is 24.5 Å². The molecular formula is C50H68F2N3O14PS. The number of aliphatic hydroxyl groups excluding tert-OH is 1. The predicted octanol–water partition coefficient (Wildman–Crippen LogP) is 5.44. The lowest BCUT2D eigenvalue weighted by atomic mass is 9.44. The van der Waals surface area contributed by atoms with Crippen LogP contribution in [0, 0.1) is 28.6 Å². The summed E-state index contributed by atoms with van der Waals surface area (Å²) in [5.74, 6) is -5.39.